The molecule has 0 aromatic heterocycles. The van der Waals surface area contributed by atoms with Crippen LogP contribution < -0.4 is 4.74 Å². The second-order valence-corrected chi connectivity index (χ2v) is 4.76. The fourth-order valence-electron chi connectivity index (χ4n) is 1.30. The van der Waals surface area contributed by atoms with Crippen molar-refractivity contribution in [3.8, 4) is 11.8 Å². The second kappa shape index (κ2) is 3.75. The van der Waals surface area contributed by atoms with Crippen molar-refractivity contribution >= 4 is 11.6 Å². The number of nitrogens with zero attached hydrogens (tertiary/aromatic N) is 1. The molecule has 0 radical (unpaired) electrons. The van der Waals surface area contributed by atoms with E-state index in [0.29, 0.717) is 28.4 Å². The van der Waals surface area contributed by atoms with E-state index in [4.69, 9.17) is 21.6 Å². The molecule has 2 nitrogen and oxygen atoms in total. The highest BCUT2D eigenvalue weighted by Crippen LogP contribution is 2.45. The van der Waals surface area contributed by atoms with E-state index in [-0.39, 0.29) is 0 Å². The number of nitriles is 1. The van der Waals surface area contributed by atoms with Gasteiger partial charge in [0.2, 0.25) is 0 Å². The molecular formula is C12H12ClNO. The minimum absolute atomic E-state index is 0.344. The summed E-state index contributed by atoms with van der Waals surface area (Å²) in [6.45, 7) is 2.91. The zero-order valence-electron chi connectivity index (χ0n) is 8.59. The molecule has 0 N–H and O–H groups in total. The lowest BCUT2D eigenvalue weighted by Crippen LogP contribution is -2.08. The minimum Gasteiger partial charge on any atom is -0.491 e. The molecule has 1 aromatic rings. The van der Waals surface area contributed by atoms with Crippen LogP contribution >= 0.6 is 11.6 Å². The van der Waals surface area contributed by atoms with Crippen LogP contribution in [0.3, 0.4) is 0 Å². The van der Waals surface area contributed by atoms with Gasteiger partial charge in [0.1, 0.15) is 5.75 Å². The molecule has 1 aromatic carbocycles. The summed E-state index contributed by atoms with van der Waals surface area (Å²) in [5.41, 5.74) is 0.905. The summed E-state index contributed by atoms with van der Waals surface area (Å²) in [4.78, 5) is 0. The van der Waals surface area contributed by atoms with Crippen molar-refractivity contribution in [3.05, 3.63) is 28.8 Å². The summed E-state index contributed by atoms with van der Waals surface area (Å²) in [6.07, 6.45) is 2.45. The average Bonchev–Trinajstić information content (AvgIpc) is 2.95. The molecule has 0 aliphatic heterocycles. The van der Waals surface area contributed by atoms with Gasteiger partial charge in [0.25, 0.3) is 0 Å². The fourth-order valence-corrected chi connectivity index (χ4v) is 1.53. The van der Waals surface area contributed by atoms with Gasteiger partial charge in [-0.2, -0.15) is 5.26 Å². The minimum atomic E-state index is 0.344. The van der Waals surface area contributed by atoms with Crippen LogP contribution in [-0.4, -0.2) is 6.61 Å². The van der Waals surface area contributed by atoms with Crippen molar-refractivity contribution in [2.45, 2.75) is 19.8 Å². The van der Waals surface area contributed by atoms with E-state index in [0.717, 1.165) is 0 Å². The maximum Gasteiger partial charge on any atom is 0.137 e. The summed E-state index contributed by atoms with van der Waals surface area (Å²) in [6, 6.07) is 7.15. The Morgan fingerprint density at radius 1 is 1.53 bits per heavy atom. The Balaban J connectivity index is 2.05. The van der Waals surface area contributed by atoms with Gasteiger partial charge < -0.3 is 4.74 Å². The lowest BCUT2D eigenvalue weighted by Gasteiger charge is -2.11. The average molecular weight is 222 g/mol. The van der Waals surface area contributed by atoms with Crippen molar-refractivity contribution in [1.82, 2.24) is 0 Å². The Bertz CT molecular complexity index is 418. The summed E-state index contributed by atoms with van der Waals surface area (Å²) in [5.74, 6) is 0.670. The monoisotopic (exact) mass is 221 g/mol. The smallest absolute Gasteiger partial charge is 0.137 e. The number of hydrogen-bond acceptors (Lipinski definition) is 2. The Morgan fingerprint density at radius 3 is 2.80 bits per heavy atom. The quantitative estimate of drug-likeness (QED) is 0.784. The molecule has 0 spiro atoms. The molecule has 0 unspecified atom stereocenters. The molecule has 1 fully saturated rings. The van der Waals surface area contributed by atoms with Crippen molar-refractivity contribution in [2.75, 3.05) is 6.61 Å². The maximum absolute atomic E-state index is 8.67. The molecule has 78 valence electrons. The van der Waals surface area contributed by atoms with Gasteiger partial charge in [0, 0.05) is 5.41 Å². The second-order valence-electron chi connectivity index (χ2n) is 4.36. The number of halogens is 1. The highest BCUT2D eigenvalue weighted by atomic mass is 35.5. The molecule has 0 amide bonds. The highest BCUT2D eigenvalue weighted by molar-refractivity contribution is 6.32. The lowest BCUT2D eigenvalue weighted by atomic mass is 10.2. The van der Waals surface area contributed by atoms with Crippen molar-refractivity contribution in [1.29, 1.82) is 5.26 Å². The Labute approximate surface area is 94.4 Å². The zero-order valence-corrected chi connectivity index (χ0v) is 9.34. The normalized spacial score (nSPS) is 16.9. The summed E-state index contributed by atoms with van der Waals surface area (Å²) < 4.78 is 5.62. The van der Waals surface area contributed by atoms with Gasteiger partial charge >= 0.3 is 0 Å². The Hall–Kier alpha value is -1.20. The third-order valence-electron chi connectivity index (χ3n) is 2.74. The van der Waals surface area contributed by atoms with E-state index in [2.05, 4.69) is 6.92 Å². The Kier molecular flexibility index (Phi) is 2.58. The van der Waals surface area contributed by atoms with E-state index in [1.54, 1.807) is 18.2 Å². The van der Waals surface area contributed by atoms with Crippen LogP contribution in [0.2, 0.25) is 5.02 Å². The van der Waals surface area contributed by atoms with E-state index < -0.39 is 0 Å². The van der Waals surface area contributed by atoms with Crippen LogP contribution in [0, 0.1) is 16.7 Å². The van der Waals surface area contributed by atoms with E-state index in [1.807, 2.05) is 6.07 Å². The van der Waals surface area contributed by atoms with Crippen LogP contribution in [0.4, 0.5) is 0 Å². The number of rotatable bonds is 3. The summed E-state index contributed by atoms with van der Waals surface area (Å²) in [5, 5.41) is 9.18. The molecule has 0 saturated heterocycles. The highest BCUT2D eigenvalue weighted by Gasteiger charge is 2.38. The molecule has 1 saturated carbocycles. The predicted octanol–water partition coefficient (Wildman–Crippen LogP) is 3.39. The van der Waals surface area contributed by atoms with E-state index in [9.17, 15) is 0 Å². The number of ether oxygens (including phenoxy) is 1. The molecule has 1 aliphatic rings. The Morgan fingerprint density at radius 2 is 2.27 bits per heavy atom. The van der Waals surface area contributed by atoms with Crippen LogP contribution in [0.15, 0.2) is 18.2 Å². The summed E-state index contributed by atoms with van der Waals surface area (Å²) in [7, 11) is 0. The fraction of sp³-hybridized carbons (Fsp3) is 0.417. The first-order chi connectivity index (χ1) is 7.13. The molecule has 15 heavy (non-hydrogen) atoms. The van der Waals surface area contributed by atoms with Gasteiger partial charge in [0.05, 0.1) is 23.3 Å². The molecule has 3 heteroatoms. The largest absolute Gasteiger partial charge is 0.491 e. The lowest BCUT2D eigenvalue weighted by molar-refractivity contribution is 0.247. The van der Waals surface area contributed by atoms with Gasteiger partial charge in [-0.05, 0) is 31.0 Å². The van der Waals surface area contributed by atoms with Crippen LogP contribution in [0.25, 0.3) is 0 Å². The van der Waals surface area contributed by atoms with Crippen LogP contribution in [0.5, 0.6) is 5.75 Å². The topological polar surface area (TPSA) is 33.0 Å². The number of hydrogen-bond donors (Lipinski definition) is 0. The first-order valence-electron chi connectivity index (χ1n) is 4.95. The van der Waals surface area contributed by atoms with Gasteiger partial charge in [-0.1, -0.05) is 18.5 Å². The van der Waals surface area contributed by atoms with Crippen molar-refractivity contribution < 1.29 is 4.74 Å². The third kappa shape index (κ3) is 2.43. The molecule has 0 heterocycles. The first-order valence-corrected chi connectivity index (χ1v) is 5.33. The maximum atomic E-state index is 8.67. The van der Waals surface area contributed by atoms with Gasteiger partial charge in [-0.25, -0.2) is 0 Å². The van der Waals surface area contributed by atoms with Gasteiger partial charge in [-0.15, -0.1) is 0 Å². The summed E-state index contributed by atoms with van der Waals surface area (Å²) >= 11 is 5.98. The first kappa shape index (κ1) is 10.3. The third-order valence-corrected chi connectivity index (χ3v) is 3.04. The standard InChI is InChI=1S/C12H12ClNO/c1-12(4-5-12)8-15-11-3-2-9(7-14)6-10(11)13/h2-3,6H,4-5,8H2,1H3. The van der Waals surface area contributed by atoms with Crippen molar-refractivity contribution in [2.24, 2.45) is 5.41 Å². The van der Waals surface area contributed by atoms with E-state index in [1.165, 1.54) is 12.8 Å². The van der Waals surface area contributed by atoms with E-state index >= 15 is 0 Å². The number of benzene rings is 1. The van der Waals surface area contributed by atoms with Crippen LogP contribution in [0.1, 0.15) is 25.3 Å². The SMILES string of the molecule is CC1(COc2ccc(C#N)cc2Cl)CC1. The van der Waals surface area contributed by atoms with Crippen LogP contribution in [-0.2, 0) is 0 Å². The predicted molar refractivity (Wildman–Crippen MR) is 59.0 cm³/mol. The van der Waals surface area contributed by atoms with Gasteiger partial charge in [0.15, 0.2) is 0 Å². The van der Waals surface area contributed by atoms with Gasteiger partial charge in [-0.3, -0.25) is 0 Å². The van der Waals surface area contributed by atoms with Crippen molar-refractivity contribution in [3.63, 3.8) is 0 Å². The zero-order chi connectivity index (χ0) is 10.9. The molecule has 0 atom stereocenters. The molecular weight excluding hydrogens is 210 g/mol. The molecule has 1 aliphatic carbocycles. The molecule has 2 rings (SSSR count). The molecule has 0 bridgehead atoms.